The Hall–Kier alpha value is -3.40. The molecule has 2 aliphatic carbocycles. The highest BCUT2D eigenvalue weighted by Gasteiger charge is 2.52. The molecule has 3 fully saturated rings. The van der Waals surface area contributed by atoms with Crippen molar-refractivity contribution in [3.05, 3.63) is 35.5 Å². The number of rotatable bonds is 8. The van der Waals surface area contributed by atoms with E-state index in [4.69, 9.17) is 10.5 Å². The molecule has 1 amide bonds. The summed E-state index contributed by atoms with van der Waals surface area (Å²) in [5.41, 5.74) is 9.66. The van der Waals surface area contributed by atoms with Gasteiger partial charge in [0, 0.05) is 30.8 Å². The molecule has 1 spiro atoms. The van der Waals surface area contributed by atoms with E-state index in [1.54, 1.807) is 19.4 Å². The van der Waals surface area contributed by atoms with E-state index in [2.05, 4.69) is 30.6 Å². The molecule has 4 N–H and O–H groups in total. The molecule has 1 aliphatic heterocycles. The third-order valence-corrected chi connectivity index (χ3v) is 7.73. The van der Waals surface area contributed by atoms with Gasteiger partial charge in [-0.05, 0) is 56.2 Å². The lowest BCUT2D eigenvalue weighted by Gasteiger charge is -2.36. The van der Waals surface area contributed by atoms with Gasteiger partial charge in [0.1, 0.15) is 16.8 Å². The predicted octanol–water partition coefficient (Wildman–Crippen LogP) is 2.11. The lowest BCUT2D eigenvalue weighted by Crippen LogP contribution is -2.57. The number of benzene rings is 1. The van der Waals surface area contributed by atoms with Crippen LogP contribution in [0.3, 0.4) is 0 Å². The van der Waals surface area contributed by atoms with Crippen LogP contribution in [0.15, 0.2) is 24.4 Å². The number of nitrogens with zero attached hydrogens (tertiary/aromatic N) is 5. The number of ether oxygens (including phenoxy) is 1. The zero-order valence-corrected chi connectivity index (χ0v) is 20.3. The van der Waals surface area contributed by atoms with Crippen molar-refractivity contribution < 1.29 is 9.53 Å². The van der Waals surface area contributed by atoms with Gasteiger partial charge in [0.05, 0.1) is 25.9 Å². The second kappa shape index (κ2) is 8.37. The number of nitrogen functional groups attached to an aromatic ring is 1. The van der Waals surface area contributed by atoms with Gasteiger partial charge in [0.15, 0.2) is 5.82 Å². The number of fused-ring (bicyclic) bond motifs is 1. The fraction of sp³-hybridized carbons (Fsp3) is 0.520. The van der Waals surface area contributed by atoms with E-state index >= 15 is 0 Å². The van der Waals surface area contributed by atoms with Crippen LogP contribution in [0.1, 0.15) is 41.6 Å². The first-order valence-corrected chi connectivity index (χ1v) is 12.3. The number of carbonyl (C=O) groups is 1. The second-order valence-electron chi connectivity index (χ2n) is 10.5. The SMILES string of the molecule is COc1cc(C(=O)NC2CN(C)C2)ccc1Cn1ncc2nc(N)nc(NCC3CC4(CC4)C3)c21. The zero-order valence-electron chi connectivity index (χ0n) is 20.3. The van der Waals surface area contributed by atoms with E-state index in [1.807, 2.05) is 23.9 Å². The minimum Gasteiger partial charge on any atom is -0.496 e. The van der Waals surface area contributed by atoms with Crippen molar-refractivity contribution in [2.24, 2.45) is 11.3 Å². The number of likely N-dealkylation sites (tertiary alicyclic amines) is 1. The molecule has 10 nitrogen and oxygen atoms in total. The van der Waals surface area contributed by atoms with Gasteiger partial charge in [-0.15, -0.1) is 0 Å². The van der Waals surface area contributed by atoms with Gasteiger partial charge in [-0.1, -0.05) is 6.07 Å². The van der Waals surface area contributed by atoms with Crippen LogP contribution in [0.4, 0.5) is 11.8 Å². The number of nitrogens with one attached hydrogen (secondary N) is 2. The van der Waals surface area contributed by atoms with Gasteiger partial charge in [0.25, 0.3) is 5.91 Å². The van der Waals surface area contributed by atoms with Crippen LogP contribution in [-0.2, 0) is 6.54 Å². The number of hydrogen-bond acceptors (Lipinski definition) is 8. The van der Waals surface area contributed by atoms with Crippen molar-refractivity contribution in [1.29, 1.82) is 0 Å². The van der Waals surface area contributed by atoms with Crippen molar-refractivity contribution in [3.63, 3.8) is 0 Å². The number of aromatic nitrogens is 4. The molecule has 3 heterocycles. The largest absolute Gasteiger partial charge is 0.496 e. The van der Waals surface area contributed by atoms with Crippen molar-refractivity contribution in [2.75, 3.05) is 44.8 Å². The lowest BCUT2D eigenvalue weighted by molar-refractivity contribution is 0.0857. The first-order chi connectivity index (χ1) is 16.9. The molecule has 2 aromatic heterocycles. The second-order valence-corrected chi connectivity index (χ2v) is 10.5. The van der Waals surface area contributed by atoms with Crippen molar-refractivity contribution in [3.8, 4) is 5.75 Å². The van der Waals surface area contributed by atoms with E-state index in [0.717, 1.165) is 30.7 Å². The number of carbonyl (C=O) groups excluding carboxylic acids is 1. The van der Waals surface area contributed by atoms with Crippen LogP contribution < -0.4 is 21.1 Å². The molecule has 1 aromatic carbocycles. The Bertz CT molecular complexity index is 1270. The number of methoxy groups -OCH3 is 1. The molecule has 35 heavy (non-hydrogen) atoms. The Morgan fingerprint density at radius 2 is 2.06 bits per heavy atom. The Morgan fingerprint density at radius 3 is 2.77 bits per heavy atom. The summed E-state index contributed by atoms with van der Waals surface area (Å²) >= 11 is 0. The fourth-order valence-corrected chi connectivity index (χ4v) is 5.63. The maximum atomic E-state index is 12.7. The summed E-state index contributed by atoms with van der Waals surface area (Å²) in [6.07, 6.45) is 7.10. The minimum atomic E-state index is -0.0863. The maximum absolute atomic E-state index is 12.7. The topological polar surface area (TPSA) is 123 Å². The average molecular weight is 477 g/mol. The van der Waals surface area contributed by atoms with Crippen LogP contribution in [0.5, 0.6) is 5.75 Å². The van der Waals surface area contributed by atoms with Crippen LogP contribution in [0.2, 0.25) is 0 Å². The fourth-order valence-electron chi connectivity index (χ4n) is 5.63. The molecular formula is C25H32N8O2. The molecule has 1 saturated heterocycles. The monoisotopic (exact) mass is 476 g/mol. The number of anilines is 2. The average Bonchev–Trinajstić information content (AvgIpc) is 3.50. The molecule has 184 valence electrons. The molecule has 0 atom stereocenters. The van der Waals surface area contributed by atoms with Gasteiger partial charge in [-0.3, -0.25) is 9.48 Å². The third kappa shape index (κ3) is 4.27. The molecule has 0 unspecified atom stereocenters. The molecule has 10 heteroatoms. The molecule has 3 aromatic rings. The highest BCUT2D eigenvalue weighted by atomic mass is 16.5. The molecule has 6 rings (SSSR count). The van der Waals surface area contributed by atoms with Gasteiger partial charge in [-0.25, -0.2) is 4.98 Å². The summed E-state index contributed by atoms with van der Waals surface area (Å²) in [6, 6.07) is 5.74. The molecule has 3 aliphatic rings. The summed E-state index contributed by atoms with van der Waals surface area (Å²) in [7, 11) is 3.65. The van der Waals surface area contributed by atoms with E-state index in [0.29, 0.717) is 40.5 Å². The van der Waals surface area contributed by atoms with Crippen molar-refractivity contribution >= 4 is 28.7 Å². The van der Waals surface area contributed by atoms with E-state index in [1.165, 1.54) is 25.7 Å². The Labute approximate surface area is 204 Å². The quantitative estimate of drug-likeness (QED) is 0.452. The Balaban J connectivity index is 1.21. The maximum Gasteiger partial charge on any atom is 0.251 e. The van der Waals surface area contributed by atoms with Crippen LogP contribution >= 0.6 is 0 Å². The van der Waals surface area contributed by atoms with Gasteiger partial charge in [0.2, 0.25) is 5.95 Å². The number of amides is 1. The molecular weight excluding hydrogens is 444 g/mol. The number of likely N-dealkylation sites (N-methyl/N-ethyl adjacent to an activating group) is 1. The van der Waals surface area contributed by atoms with Crippen LogP contribution in [0, 0.1) is 11.3 Å². The summed E-state index contributed by atoms with van der Waals surface area (Å²) in [6.45, 7) is 3.08. The number of nitrogens with two attached hydrogens (primary N) is 1. The summed E-state index contributed by atoms with van der Waals surface area (Å²) in [5, 5.41) is 11.1. The van der Waals surface area contributed by atoms with E-state index in [-0.39, 0.29) is 17.9 Å². The lowest BCUT2D eigenvalue weighted by atomic mass is 9.72. The number of hydrogen-bond donors (Lipinski definition) is 3. The molecule has 2 saturated carbocycles. The minimum absolute atomic E-state index is 0.0863. The van der Waals surface area contributed by atoms with E-state index < -0.39 is 0 Å². The smallest absolute Gasteiger partial charge is 0.251 e. The Morgan fingerprint density at radius 1 is 1.26 bits per heavy atom. The first-order valence-electron chi connectivity index (χ1n) is 12.3. The van der Waals surface area contributed by atoms with Gasteiger partial charge in [-0.2, -0.15) is 10.1 Å². The standard InChI is InChI=1S/C25H32N8O2/c1-32-13-18(14-32)29-23(34)16-3-4-17(20(7-16)35-2)12-33-21-19(11-28-33)30-24(26)31-22(21)27-10-15-8-25(9-15)5-6-25/h3-4,7,11,15,18H,5-6,8-10,12-14H2,1-2H3,(H,29,34)(H3,26,27,30,31). The van der Waals surface area contributed by atoms with Crippen LogP contribution in [-0.4, -0.2) is 70.4 Å². The van der Waals surface area contributed by atoms with E-state index in [9.17, 15) is 4.79 Å². The molecule has 0 radical (unpaired) electrons. The normalized spacial score (nSPS) is 19.4. The van der Waals surface area contributed by atoms with Gasteiger partial charge >= 0.3 is 0 Å². The third-order valence-electron chi connectivity index (χ3n) is 7.73. The van der Waals surface area contributed by atoms with Gasteiger partial charge < -0.3 is 26.0 Å². The van der Waals surface area contributed by atoms with Crippen molar-refractivity contribution in [1.82, 2.24) is 30.0 Å². The first kappa shape index (κ1) is 22.1. The Kier molecular flexibility index (Phi) is 5.28. The summed E-state index contributed by atoms with van der Waals surface area (Å²) in [5.74, 6) is 2.18. The zero-order chi connectivity index (χ0) is 24.2. The highest BCUT2D eigenvalue weighted by molar-refractivity contribution is 5.95. The molecule has 0 bridgehead atoms. The predicted molar refractivity (Wildman–Crippen MR) is 133 cm³/mol. The highest BCUT2D eigenvalue weighted by Crippen LogP contribution is 2.63. The summed E-state index contributed by atoms with van der Waals surface area (Å²) < 4.78 is 7.50. The van der Waals surface area contributed by atoms with Crippen molar-refractivity contribution in [2.45, 2.75) is 38.3 Å². The van der Waals surface area contributed by atoms with Crippen LogP contribution in [0.25, 0.3) is 11.0 Å². The summed E-state index contributed by atoms with van der Waals surface area (Å²) in [4.78, 5) is 23.7.